The van der Waals surface area contributed by atoms with Gasteiger partial charge in [-0.05, 0) is 29.8 Å². The Kier molecular flexibility index (Phi) is 6.46. The van der Waals surface area contributed by atoms with Crippen molar-refractivity contribution in [3.05, 3.63) is 81.6 Å². The molecule has 1 heterocycles. The molecule has 0 bridgehead atoms. The van der Waals surface area contributed by atoms with Gasteiger partial charge in [0.2, 0.25) is 0 Å². The second kappa shape index (κ2) is 9.16. The number of imidazole rings is 1. The van der Waals surface area contributed by atoms with Gasteiger partial charge in [-0.3, -0.25) is 0 Å². The first-order valence-electron chi connectivity index (χ1n) is 10.1. The number of aliphatic hydroxyl groups excluding tert-OH is 1. The highest BCUT2D eigenvalue weighted by Crippen LogP contribution is 2.41. The molecule has 0 radical (unpaired) electrons. The minimum absolute atomic E-state index is 0.00979. The maximum Gasteiger partial charge on any atom is 0.178 e. The fourth-order valence-electron chi connectivity index (χ4n) is 3.73. The number of aliphatic hydroxyl groups is 1. The number of benzene rings is 3. The lowest BCUT2D eigenvalue weighted by Gasteiger charge is -2.12. The Bertz CT molecular complexity index is 1490. The van der Waals surface area contributed by atoms with Crippen LogP contribution in [0.15, 0.2) is 59.5 Å². The number of rotatable bonds is 6. The summed E-state index contributed by atoms with van der Waals surface area (Å²) in [5, 5.41) is 20.2. The fourth-order valence-corrected chi connectivity index (χ4v) is 5.32. The summed E-state index contributed by atoms with van der Waals surface area (Å²) in [5.41, 5.74) is 3.29. The zero-order valence-corrected chi connectivity index (χ0v) is 19.8. The normalized spacial score (nSPS) is 12.6. The molecule has 1 aromatic heterocycles. The van der Waals surface area contributed by atoms with Crippen molar-refractivity contribution in [2.75, 3.05) is 12.4 Å². The van der Waals surface area contributed by atoms with E-state index in [4.69, 9.17) is 23.2 Å². The highest BCUT2D eigenvalue weighted by molar-refractivity contribution is 7.91. The van der Waals surface area contributed by atoms with Crippen molar-refractivity contribution < 1.29 is 13.5 Å². The van der Waals surface area contributed by atoms with Crippen molar-refractivity contribution >= 4 is 44.1 Å². The van der Waals surface area contributed by atoms with Crippen molar-refractivity contribution in [1.82, 2.24) is 9.97 Å². The summed E-state index contributed by atoms with van der Waals surface area (Å²) in [7, 11) is -3.32. The number of aromatic amines is 1. The molecule has 1 atom stereocenters. The monoisotopic (exact) mass is 499 g/mol. The highest BCUT2D eigenvalue weighted by atomic mass is 35.5. The van der Waals surface area contributed by atoms with Crippen molar-refractivity contribution in [3.8, 4) is 17.2 Å². The number of nitrogens with zero attached hydrogens (tertiary/aromatic N) is 2. The third kappa shape index (κ3) is 4.23. The summed E-state index contributed by atoms with van der Waals surface area (Å²) < 4.78 is 24.2. The molecule has 0 saturated heterocycles. The van der Waals surface area contributed by atoms with Crippen LogP contribution in [0.5, 0.6) is 0 Å². The van der Waals surface area contributed by atoms with Gasteiger partial charge in [0.05, 0.1) is 50.4 Å². The largest absolute Gasteiger partial charge is 0.395 e. The van der Waals surface area contributed by atoms with Gasteiger partial charge in [-0.2, -0.15) is 5.26 Å². The SMILES string of the molecule is CCS(=O)(=O)c1ccc(C(CO)c2nc3c(Cl)c(-c4ccccc4C#N)c(Cl)cc3[nH]2)cc1. The van der Waals surface area contributed by atoms with Gasteiger partial charge in [-0.1, -0.05) is 60.5 Å². The first kappa shape index (κ1) is 23.3. The molecular formula is C24H19Cl2N3O3S. The Morgan fingerprint density at radius 2 is 1.85 bits per heavy atom. The van der Waals surface area contributed by atoms with Gasteiger partial charge < -0.3 is 10.1 Å². The number of nitriles is 1. The quantitative estimate of drug-likeness (QED) is 0.372. The molecule has 4 rings (SSSR count). The number of fused-ring (bicyclic) bond motifs is 1. The Hall–Kier alpha value is -2.89. The van der Waals surface area contributed by atoms with E-state index >= 15 is 0 Å². The van der Waals surface area contributed by atoms with Crippen molar-refractivity contribution in [2.45, 2.75) is 17.7 Å². The molecule has 0 amide bonds. The van der Waals surface area contributed by atoms with E-state index in [-0.39, 0.29) is 17.3 Å². The number of aromatic nitrogens is 2. The Morgan fingerprint density at radius 1 is 1.15 bits per heavy atom. The molecule has 0 spiro atoms. The molecule has 2 N–H and O–H groups in total. The summed E-state index contributed by atoms with van der Waals surface area (Å²) >= 11 is 13.2. The third-order valence-corrected chi connectivity index (χ3v) is 7.96. The van der Waals surface area contributed by atoms with Gasteiger partial charge in [-0.25, -0.2) is 13.4 Å². The predicted octanol–water partition coefficient (Wildman–Crippen LogP) is 5.33. The molecule has 0 fully saturated rings. The van der Waals surface area contributed by atoms with Crippen LogP contribution >= 0.6 is 23.2 Å². The van der Waals surface area contributed by atoms with E-state index in [0.29, 0.717) is 49.2 Å². The van der Waals surface area contributed by atoms with E-state index in [9.17, 15) is 18.8 Å². The Morgan fingerprint density at radius 3 is 2.48 bits per heavy atom. The molecule has 0 aliphatic carbocycles. The van der Waals surface area contributed by atoms with E-state index in [1.54, 1.807) is 49.4 Å². The molecule has 6 nitrogen and oxygen atoms in total. The smallest absolute Gasteiger partial charge is 0.178 e. The van der Waals surface area contributed by atoms with E-state index in [1.165, 1.54) is 12.1 Å². The number of hydrogen-bond acceptors (Lipinski definition) is 5. The van der Waals surface area contributed by atoms with E-state index in [1.807, 2.05) is 0 Å². The zero-order valence-electron chi connectivity index (χ0n) is 17.5. The first-order valence-corrected chi connectivity index (χ1v) is 12.5. The summed E-state index contributed by atoms with van der Waals surface area (Å²) in [5.74, 6) is -0.0571. The predicted molar refractivity (Wildman–Crippen MR) is 129 cm³/mol. The lowest BCUT2D eigenvalue weighted by molar-refractivity contribution is 0.277. The molecule has 0 aliphatic heterocycles. The number of sulfone groups is 1. The second-order valence-corrected chi connectivity index (χ2v) is 10.5. The fraction of sp³-hybridized carbons (Fsp3) is 0.167. The van der Waals surface area contributed by atoms with E-state index in [2.05, 4.69) is 16.0 Å². The second-order valence-electron chi connectivity index (χ2n) is 7.43. The number of hydrogen-bond donors (Lipinski definition) is 2. The third-order valence-electron chi connectivity index (χ3n) is 5.54. The Labute approximate surface area is 201 Å². The Balaban J connectivity index is 1.81. The minimum Gasteiger partial charge on any atom is -0.395 e. The average Bonchev–Trinajstić information content (AvgIpc) is 3.24. The van der Waals surface area contributed by atoms with Gasteiger partial charge >= 0.3 is 0 Å². The van der Waals surface area contributed by atoms with Crippen LogP contribution in [0.4, 0.5) is 0 Å². The van der Waals surface area contributed by atoms with Crippen molar-refractivity contribution in [2.24, 2.45) is 0 Å². The highest BCUT2D eigenvalue weighted by Gasteiger charge is 2.23. The van der Waals surface area contributed by atoms with Crippen LogP contribution < -0.4 is 0 Å². The summed E-state index contributed by atoms with van der Waals surface area (Å²) in [6, 6.07) is 17.2. The van der Waals surface area contributed by atoms with Crippen LogP contribution in [0.2, 0.25) is 10.0 Å². The van der Waals surface area contributed by atoms with E-state index in [0.717, 1.165) is 0 Å². The lowest BCUT2D eigenvalue weighted by atomic mass is 9.99. The van der Waals surface area contributed by atoms with Crippen LogP contribution in [0.25, 0.3) is 22.2 Å². The van der Waals surface area contributed by atoms with Gasteiger partial charge in [0.1, 0.15) is 11.3 Å². The van der Waals surface area contributed by atoms with Crippen LogP contribution in [-0.2, 0) is 9.84 Å². The van der Waals surface area contributed by atoms with E-state index < -0.39 is 15.8 Å². The molecule has 0 aliphatic rings. The van der Waals surface area contributed by atoms with Gasteiger partial charge in [0.15, 0.2) is 9.84 Å². The maximum absolute atomic E-state index is 12.1. The minimum atomic E-state index is -3.32. The zero-order chi connectivity index (χ0) is 23.8. The number of halogens is 2. The molecule has 168 valence electrons. The topological polar surface area (TPSA) is 107 Å². The van der Waals surface area contributed by atoms with Gasteiger partial charge in [0.25, 0.3) is 0 Å². The first-order chi connectivity index (χ1) is 15.8. The summed E-state index contributed by atoms with van der Waals surface area (Å²) in [6.07, 6.45) is 0. The van der Waals surface area contributed by atoms with Crippen LogP contribution in [0, 0.1) is 11.3 Å². The average molecular weight is 500 g/mol. The molecule has 0 saturated carbocycles. The van der Waals surface area contributed by atoms with Crippen molar-refractivity contribution in [3.63, 3.8) is 0 Å². The standard InChI is InChI=1S/C24H19Cl2N3O3S/c1-2-33(31,32)16-9-7-14(8-10-16)18(13-30)24-28-20-11-19(25)21(22(26)23(20)29-24)17-6-4-3-5-15(17)12-27/h3-11,18,30H,2,13H2,1H3,(H,28,29). The summed E-state index contributed by atoms with van der Waals surface area (Å²) in [4.78, 5) is 8.02. The number of H-pyrrole nitrogens is 1. The molecule has 3 aromatic carbocycles. The van der Waals surface area contributed by atoms with Gasteiger partial charge in [-0.15, -0.1) is 0 Å². The molecule has 33 heavy (non-hydrogen) atoms. The van der Waals surface area contributed by atoms with Crippen LogP contribution in [0.1, 0.15) is 29.8 Å². The van der Waals surface area contributed by atoms with Crippen molar-refractivity contribution in [1.29, 1.82) is 5.26 Å². The number of nitrogens with one attached hydrogen (secondary N) is 1. The molecule has 9 heteroatoms. The van der Waals surface area contributed by atoms with Crippen LogP contribution in [0.3, 0.4) is 0 Å². The maximum atomic E-state index is 12.1. The molecular weight excluding hydrogens is 481 g/mol. The lowest BCUT2D eigenvalue weighted by Crippen LogP contribution is -2.09. The van der Waals surface area contributed by atoms with Gasteiger partial charge in [0, 0.05) is 11.1 Å². The molecule has 1 unspecified atom stereocenters. The van der Waals surface area contributed by atoms with Crippen LogP contribution in [-0.4, -0.2) is 35.9 Å². The summed E-state index contributed by atoms with van der Waals surface area (Å²) in [6.45, 7) is 1.33. The molecule has 4 aromatic rings.